The molecule has 0 saturated heterocycles. The second-order valence-corrected chi connectivity index (χ2v) is 7.38. The predicted octanol–water partition coefficient (Wildman–Crippen LogP) is 4.35. The van der Waals surface area contributed by atoms with Crippen molar-refractivity contribution in [1.82, 2.24) is 4.98 Å². The van der Waals surface area contributed by atoms with Crippen LogP contribution in [-0.4, -0.2) is 29.3 Å². The van der Waals surface area contributed by atoms with Crippen molar-refractivity contribution in [2.45, 2.75) is 26.7 Å². The second kappa shape index (κ2) is 7.75. The number of nitrogens with one attached hydrogen (secondary N) is 2. The first kappa shape index (κ1) is 18.8. The zero-order valence-electron chi connectivity index (χ0n) is 15.3. The number of ether oxygens (including phenoxy) is 1. The topological polar surface area (TPSA) is 88.3 Å². The number of Topliss-reactive ketones (excluding diaryl/α,β-unsaturated/α-hetero) is 1. The molecule has 0 aliphatic rings. The van der Waals surface area contributed by atoms with Gasteiger partial charge in [0.25, 0.3) is 11.7 Å². The number of hydrogen-bond acceptors (Lipinski definition) is 5. The number of hydrogen-bond donors (Lipinski definition) is 2. The van der Waals surface area contributed by atoms with Crippen LogP contribution in [0.25, 0.3) is 10.9 Å². The van der Waals surface area contributed by atoms with Crippen molar-refractivity contribution in [3.63, 3.8) is 0 Å². The summed E-state index contributed by atoms with van der Waals surface area (Å²) in [5.74, 6) is -1.79. The average molecular weight is 384 g/mol. The lowest BCUT2D eigenvalue weighted by Gasteiger charge is -2.05. The molecule has 3 rings (SSSR count). The molecule has 0 aliphatic carbocycles. The third kappa shape index (κ3) is 3.78. The Labute approximate surface area is 160 Å². The molecule has 0 radical (unpaired) electrons. The van der Waals surface area contributed by atoms with E-state index in [0.29, 0.717) is 16.0 Å². The van der Waals surface area contributed by atoms with Crippen LogP contribution < -0.4 is 5.32 Å². The minimum Gasteiger partial charge on any atom is -0.462 e. The molecule has 1 aromatic carbocycles. The number of carbonyl (C=O) groups excluding carboxylic acids is 3. The Kier molecular flexibility index (Phi) is 5.41. The molecule has 0 aliphatic heterocycles. The summed E-state index contributed by atoms with van der Waals surface area (Å²) < 4.78 is 5.06. The van der Waals surface area contributed by atoms with Crippen LogP contribution >= 0.6 is 11.3 Å². The van der Waals surface area contributed by atoms with Gasteiger partial charge in [0.05, 0.1) is 17.7 Å². The smallest absolute Gasteiger partial charge is 0.341 e. The average Bonchev–Trinajstić information content (AvgIpc) is 3.25. The SMILES string of the molecule is CCOC(=O)c1cc(C(C)C)sc1NC(=O)C(=O)c1c[nH]c2ccccc12. The van der Waals surface area contributed by atoms with Gasteiger partial charge in [-0.05, 0) is 25.0 Å². The van der Waals surface area contributed by atoms with Crippen LogP contribution in [0.15, 0.2) is 36.5 Å². The van der Waals surface area contributed by atoms with Gasteiger partial charge in [-0.2, -0.15) is 0 Å². The van der Waals surface area contributed by atoms with Gasteiger partial charge in [-0.3, -0.25) is 9.59 Å². The standard InChI is InChI=1S/C20H20N2O4S/c1-4-26-20(25)13-9-16(11(2)3)27-19(13)22-18(24)17(23)14-10-21-15-8-6-5-7-12(14)15/h5-11,21H,4H2,1-3H3,(H,22,24). The molecule has 3 aromatic rings. The summed E-state index contributed by atoms with van der Waals surface area (Å²) in [5.41, 5.74) is 1.34. The Morgan fingerprint density at radius 3 is 2.63 bits per heavy atom. The highest BCUT2D eigenvalue weighted by Gasteiger charge is 2.24. The lowest BCUT2D eigenvalue weighted by molar-refractivity contribution is -0.112. The maximum atomic E-state index is 12.6. The first-order chi connectivity index (χ1) is 12.9. The summed E-state index contributed by atoms with van der Waals surface area (Å²) in [6, 6.07) is 8.96. The van der Waals surface area contributed by atoms with Gasteiger partial charge >= 0.3 is 5.97 Å². The number of esters is 1. The molecule has 27 heavy (non-hydrogen) atoms. The highest BCUT2D eigenvalue weighted by Crippen LogP contribution is 2.33. The van der Waals surface area contributed by atoms with Crippen molar-refractivity contribution in [3.05, 3.63) is 52.5 Å². The van der Waals surface area contributed by atoms with E-state index in [9.17, 15) is 14.4 Å². The monoisotopic (exact) mass is 384 g/mol. The molecule has 0 atom stereocenters. The van der Waals surface area contributed by atoms with Crippen molar-refractivity contribution >= 4 is 44.9 Å². The number of anilines is 1. The summed E-state index contributed by atoms with van der Waals surface area (Å²) in [5, 5.41) is 3.60. The van der Waals surface area contributed by atoms with Crippen molar-refractivity contribution in [2.75, 3.05) is 11.9 Å². The minimum absolute atomic E-state index is 0.179. The third-order valence-electron chi connectivity index (χ3n) is 4.08. The molecule has 0 unspecified atom stereocenters. The number of benzene rings is 1. The number of aromatic nitrogens is 1. The maximum Gasteiger partial charge on any atom is 0.341 e. The lowest BCUT2D eigenvalue weighted by Crippen LogP contribution is -2.23. The molecule has 0 fully saturated rings. The summed E-state index contributed by atoms with van der Waals surface area (Å²) in [7, 11) is 0. The summed E-state index contributed by atoms with van der Waals surface area (Å²) >= 11 is 1.28. The van der Waals surface area contributed by atoms with E-state index in [2.05, 4.69) is 10.3 Å². The molecule has 2 N–H and O–H groups in total. The van der Waals surface area contributed by atoms with E-state index < -0.39 is 17.7 Å². The van der Waals surface area contributed by atoms with Gasteiger partial charge < -0.3 is 15.0 Å². The van der Waals surface area contributed by atoms with Crippen molar-refractivity contribution in [2.24, 2.45) is 0 Å². The van der Waals surface area contributed by atoms with Gasteiger partial charge in [0.1, 0.15) is 5.00 Å². The molecule has 2 aromatic heterocycles. The molecular weight excluding hydrogens is 364 g/mol. The fourth-order valence-corrected chi connectivity index (χ4v) is 3.73. The number of thiophene rings is 1. The number of ketones is 1. The minimum atomic E-state index is -0.789. The van der Waals surface area contributed by atoms with E-state index in [4.69, 9.17) is 4.74 Å². The van der Waals surface area contributed by atoms with Gasteiger partial charge in [0.15, 0.2) is 0 Å². The molecule has 6 nitrogen and oxygen atoms in total. The first-order valence-corrected chi connectivity index (χ1v) is 9.46. The Morgan fingerprint density at radius 2 is 1.93 bits per heavy atom. The van der Waals surface area contributed by atoms with Crippen LogP contribution in [0.2, 0.25) is 0 Å². The molecule has 140 valence electrons. The molecule has 1 amide bonds. The van der Waals surface area contributed by atoms with Gasteiger partial charge in [0.2, 0.25) is 0 Å². The lowest BCUT2D eigenvalue weighted by atomic mass is 10.1. The van der Waals surface area contributed by atoms with E-state index >= 15 is 0 Å². The summed E-state index contributed by atoms with van der Waals surface area (Å²) in [6.07, 6.45) is 1.52. The second-order valence-electron chi connectivity index (χ2n) is 6.30. The number of rotatable bonds is 6. The predicted molar refractivity (Wildman–Crippen MR) is 106 cm³/mol. The normalized spacial score (nSPS) is 11.0. The number of amides is 1. The van der Waals surface area contributed by atoms with E-state index in [-0.39, 0.29) is 18.1 Å². The summed E-state index contributed by atoms with van der Waals surface area (Å²) in [6.45, 7) is 5.92. The fraction of sp³-hybridized carbons (Fsp3) is 0.250. The van der Waals surface area contributed by atoms with Crippen LogP contribution in [-0.2, 0) is 9.53 Å². The Morgan fingerprint density at radius 1 is 1.19 bits per heavy atom. The highest BCUT2D eigenvalue weighted by molar-refractivity contribution is 7.16. The Hall–Kier alpha value is -2.93. The number of aromatic amines is 1. The van der Waals surface area contributed by atoms with Gasteiger partial charge in [-0.15, -0.1) is 11.3 Å². The third-order valence-corrected chi connectivity index (χ3v) is 5.43. The molecule has 0 spiro atoms. The van der Waals surface area contributed by atoms with E-state index in [1.807, 2.05) is 26.0 Å². The Bertz CT molecular complexity index is 1020. The van der Waals surface area contributed by atoms with Crippen LogP contribution in [0.3, 0.4) is 0 Å². The van der Waals surface area contributed by atoms with Crippen molar-refractivity contribution in [3.8, 4) is 0 Å². The molecule has 0 bridgehead atoms. The fourth-order valence-electron chi connectivity index (χ4n) is 2.69. The van der Waals surface area contributed by atoms with E-state index in [1.165, 1.54) is 17.5 Å². The number of carbonyl (C=O) groups is 3. The van der Waals surface area contributed by atoms with Crippen LogP contribution in [0, 0.1) is 0 Å². The van der Waals surface area contributed by atoms with Gasteiger partial charge in [-0.25, -0.2) is 4.79 Å². The van der Waals surface area contributed by atoms with Gasteiger partial charge in [0, 0.05) is 22.0 Å². The number of H-pyrrole nitrogens is 1. The largest absolute Gasteiger partial charge is 0.462 e. The molecule has 0 saturated carbocycles. The Balaban J connectivity index is 1.88. The highest BCUT2D eigenvalue weighted by atomic mass is 32.1. The van der Waals surface area contributed by atoms with Crippen LogP contribution in [0.1, 0.15) is 52.3 Å². The zero-order valence-corrected chi connectivity index (χ0v) is 16.1. The molecule has 7 heteroatoms. The number of para-hydroxylation sites is 1. The van der Waals surface area contributed by atoms with Crippen LogP contribution in [0.5, 0.6) is 0 Å². The molecular formula is C20H20N2O4S. The van der Waals surface area contributed by atoms with Crippen molar-refractivity contribution < 1.29 is 19.1 Å². The first-order valence-electron chi connectivity index (χ1n) is 8.65. The van der Waals surface area contributed by atoms with E-state index in [0.717, 1.165) is 10.4 Å². The zero-order chi connectivity index (χ0) is 19.6. The van der Waals surface area contributed by atoms with Gasteiger partial charge in [-0.1, -0.05) is 32.0 Å². The van der Waals surface area contributed by atoms with Crippen LogP contribution in [0.4, 0.5) is 5.00 Å². The number of fused-ring (bicyclic) bond motifs is 1. The maximum absolute atomic E-state index is 12.6. The molecule has 2 heterocycles. The van der Waals surface area contributed by atoms with E-state index in [1.54, 1.807) is 25.1 Å². The summed E-state index contributed by atoms with van der Waals surface area (Å²) in [4.78, 5) is 41.3. The quantitative estimate of drug-likeness (QED) is 0.376. The van der Waals surface area contributed by atoms with Crippen molar-refractivity contribution in [1.29, 1.82) is 0 Å².